The second-order valence-electron chi connectivity index (χ2n) is 1.82. The molecule has 0 aromatic carbocycles. The van der Waals surface area contributed by atoms with Crippen molar-refractivity contribution in [2.75, 3.05) is 14.2 Å². The number of rotatable bonds is 4. The predicted octanol–water partition coefficient (Wildman–Crippen LogP) is 0.541. The zero-order chi connectivity index (χ0) is 9.03. The van der Waals surface area contributed by atoms with Gasteiger partial charge in [-0.05, 0) is 0 Å². The molecule has 0 radical (unpaired) electrons. The van der Waals surface area contributed by atoms with Crippen LogP contribution in [-0.4, -0.2) is 75.8 Å². The summed E-state index contributed by atoms with van der Waals surface area (Å²) >= 11 is 0. The van der Waals surface area contributed by atoms with Crippen molar-refractivity contribution in [2.24, 2.45) is 0 Å². The maximum atomic E-state index is 11.3. The summed E-state index contributed by atoms with van der Waals surface area (Å²) in [6.45, 7) is 0. The molecule has 0 aliphatic heterocycles. The zero-order valence-corrected chi connectivity index (χ0v) is 7.58. The molecule has 13 heavy (non-hydrogen) atoms. The Balaban J connectivity index is 0.00000144. The first-order valence-electron chi connectivity index (χ1n) is 3.11. The summed E-state index contributed by atoms with van der Waals surface area (Å²) in [5.74, 6) is 0.169. The van der Waals surface area contributed by atoms with Gasteiger partial charge < -0.3 is 4.52 Å². The molecule has 0 unspecified atom stereocenters. The standard InChI is InChI=1S/C5H9N2O4P.K.H/c1-9-12(8,10-2)11-5-3-4-6-7-5;;/h3-4H,1-2H3,(H,6,7);;. The van der Waals surface area contributed by atoms with Crippen molar-refractivity contribution in [3.8, 4) is 5.88 Å². The second-order valence-corrected chi connectivity index (χ2v) is 3.62. The van der Waals surface area contributed by atoms with Gasteiger partial charge in [-0.15, -0.1) is 5.10 Å². The first-order chi connectivity index (χ1) is 5.70. The van der Waals surface area contributed by atoms with E-state index in [0.29, 0.717) is 0 Å². The normalized spacial score (nSPS) is 10.6. The van der Waals surface area contributed by atoms with E-state index in [-0.39, 0.29) is 57.3 Å². The number of nitrogens with zero attached hydrogens (tertiary/aromatic N) is 1. The molecule has 1 aromatic rings. The number of hydrogen-bond donors (Lipinski definition) is 1. The molecule has 0 aliphatic carbocycles. The van der Waals surface area contributed by atoms with Crippen LogP contribution in [0.1, 0.15) is 0 Å². The number of H-pyrrole nitrogens is 1. The van der Waals surface area contributed by atoms with Crippen LogP contribution in [0.25, 0.3) is 0 Å². The fourth-order valence-corrected chi connectivity index (χ4v) is 1.19. The number of aromatic amines is 1. The number of phosphoric ester groups is 1. The molecular formula is C5H10KN2O4P. The summed E-state index contributed by atoms with van der Waals surface area (Å²) in [4.78, 5) is 0. The van der Waals surface area contributed by atoms with E-state index in [1.807, 2.05) is 0 Å². The van der Waals surface area contributed by atoms with Gasteiger partial charge in [0.15, 0.2) is 0 Å². The minimum atomic E-state index is -3.45. The molecule has 0 bridgehead atoms. The van der Waals surface area contributed by atoms with E-state index < -0.39 is 7.82 Å². The van der Waals surface area contributed by atoms with Crippen LogP contribution in [0.3, 0.4) is 0 Å². The van der Waals surface area contributed by atoms with Crippen LogP contribution in [0.15, 0.2) is 12.3 Å². The Morgan fingerprint density at radius 1 is 1.46 bits per heavy atom. The molecule has 1 aromatic heterocycles. The average molecular weight is 232 g/mol. The maximum absolute atomic E-state index is 11.3. The van der Waals surface area contributed by atoms with Crippen molar-refractivity contribution >= 4 is 59.2 Å². The Bertz CT molecular complexity index is 270. The van der Waals surface area contributed by atoms with Crippen molar-refractivity contribution in [1.29, 1.82) is 0 Å². The first kappa shape index (κ1) is 13.8. The van der Waals surface area contributed by atoms with Crippen molar-refractivity contribution < 1.29 is 18.1 Å². The van der Waals surface area contributed by atoms with Crippen molar-refractivity contribution in [1.82, 2.24) is 10.2 Å². The molecule has 6 nitrogen and oxygen atoms in total. The fraction of sp³-hybridized carbons (Fsp3) is 0.400. The molecule has 70 valence electrons. The van der Waals surface area contributed by atoms with E-state index in [9.17, 15) is 4.57 Å². The molecule has 1 N–H and O–H groups in total. The monoisotopic (exact) mass is 232 g/mol. The van der Waals surface area contributed by atoms with Crippen LogP contribution in [-0.2, 0) is 13.6 Å². The molecule has 0 atom stereocenters. The van der Waals surface area contributed by atoms with E-state index in [4.69, 9.17) is 4.52 Å². The third kappa shape index (κ3) is 4.22. The van der Waals surface area contributed by atoms with Crippen LogP contribution in [0.2, 0.25) is 0 Å². The van der Waals surface area contributed by atoms with Crippen LogP contribution in [0, 0.1) is 0 Å². The second kappa shape index (κ2) is 6.31. The minimum absolute atomic E-state index is 0. The van der Waals surface area contributed by atoms with Crippen LogP contribution >= 0.6 is 7.82 Å². The molecule has 0 saturated heterocycles. The number of phosphoric acid groups is 1. The van der Waals surface area contributed by atoms with Gasteiger partial charge in [-0.2, -0.15) is 0 Å². The van der Waals surface area contributed by atoms with Gasteiger partial charge in [-0.3, -0.25) is 14.1 Å². The van der Waals surface area contributed by atoms with E-state index >= 15 is 0 Å². The number of aromatic nitrogens is 2. The van der Waals surface area contributed by atoms with Crippen molar-refractivity contribution in [3.05, 3.63) is 12.3 Å². The molecule has 0 fully saturated rings. The summed E-state index contributed by atoms with van der Waals surface area (Å²) in [7, 11) is -0.986. The number of hydrogen-bond acceptors (Lipinski definition) is 5. The Hall–Kier alpha value is 0.796. The van der Waals surface area contributed by atoms with Crippen LogP contribution in [0.4, 0.5) is 0 Å². The van der Waals surface area contributed by atoms with Gasteiger partial charge >= 0.3 is 59.2 Å². The van der Waals surface area contributed by atoms with Crippen molar-refractivity contribution in [3.63, 3.8) is 0 Å². The number of nitrogens with one attached hydrogen (secondary N) is 1. The summed E-state index contributed by atoms with van der Waals surface area (Å²) in [6, 6.07) is 1.50. The van der Waals surface area contributed by atoms with Gasteiger partial charge in [-0.1, -0.05) is 0 Å². The van der Waals surface area contributed by atoms with Crippen molar-refractivity contribution in [2.45, 2.75) is 0 Å². The molecule has 0 saturated carbocycles. The Labute approximate surface area is 118 Å². The summed E-state index contributed by atoms with van der Waals surface area (Å²) in [5, 5.41) is 6.11. The Morgan fingerprint density at radius 3 is 2.46 bits per heavy atom. The van der Waals surface area contributed by atoms with Gasteiger partial charge in [0.05, 0.1) is 0 Å². The third-order valence-corrected chi connectivity index (χ3v) is 2.43. The summed E-state index contributed by atoms with van der Waals surface area (Å²) in [5.41, 5.74) is 0. The topological polar surface area (TPSA) is 73.4 Å². The first-order valence-corrected chi connectivity index (χ1v) is 4.57. The molecule has 0 aliphatic rings. The third-order valence-electron chi connectivity index (χ3n) is 1.13. The van der Waals surface area contributed by atoms with E-state index in [1.165, 1.54) is 26.5 Å². The Morgan fingerprint density at radius 2 is 2.08 bits per heavy atom. The zero-order valence-electron chi connectivity index (χ0n) is 6.68. The van der Waals surface area contributed by atoms with Crippen LogP contribution < -0.4 is 4.52 Å². The molecule has 0 spiro atoms. The van der Waals surface area contributed by atoms with Gasteiger partial charge in [-0.25, -0.2) is 4.57 Å². The molecule has 1 rings (SSSR count). The van der Waals surface area contributed by atoms with Gasteiger partial charge in [0.1, 0.15) is 0 Å². The van der Waals surface area contributed by atoms with Gasteiger partial charge in [0.25, 0.3) is 0 Å². The fourth-order valence-electron chi connectivity index (χ4n) is 0.561. The van der Waals surface area contributed by atoms with Gasteiger partial charge in [0.2, 0.25) is 5.88 Å². The Kier molecular flexibility index (Phi) is 6.70. The molecule has 0 amide bonds. The van der Waals surface area contributed by atoms with Crippen LogP contribution in [0.5, 0.6) is 5.88 Å². The van der Waals surface area contributed by atoms with E-state index in [1.54, 1.807) is 0 Å². The summed E-state index contributed by atoms with van der Waals surface area (Å²) in [6.07, 6.45) is 1.53. The molecule has 8 heteroatoms. The quantitative estimate of drug-likeness (QED) is 0.606. The average Bonchev–Trinajstić information content (AvgIpc) is 2.57. The molecule has 1 heterocycles. The molecular weight excluding hydrogens is 222 g/mol. The summed E-state index contributed by atoms with van der Waals surface area (Å²) < 4.78 is 25.1. The van der Waals surface area contributed by atoms with Gasteiger partial charge in [0, 0.05) is 26.5 Å². The van der Waals surface area contributed by atoms with E-state index in [2.05, 4.69) is 19.2 Å². The SMILES string of the molecule is COP(=O)(OC)Oc1cc[nH]n1.[KH]. The van der Waals surface area contributed by atoms with E-state index in [0.717, 1.165) is 0 Å². The predicted molar refractivity (Wildman–Crippen MR) is 48.0 cm³/mol.